The van der Waals surface area contributed by atoms with E-state index >= 15 is 0 Å². The number of hydrogen-bond acceptors (Lipinski definition) is 5. The zero-order valence-electron chi connectivity index (χ0n) is 16.7. The van der Waals surface area contributed by atoms with Crippen LogP contribution in [0.3, 0.4) is 0 Å². The Morgan fingerprint density at radius 2 is 2.12 bits per heavy atom. The largest absolute Gasteiger partial charge is 0.444 e. The van der Waals surface area contributed by atoms with Crippen molar-refractivity contribution in [2.24, 2.45) is 0 Å². The first-order valence-corrected chi connectivity index (χ1v) is 12.1. The molecule has 1 fully saturated rings. The Bertz CT molecular complexity index is 565. The molecule has 0 radical (unpaired) electrons. The SMILES string of the molecule is C=CCOC[C@H]1[C@@H](c2ncc(CCCO[Si](C)(C)C(C)(C)C)o2)N1C. The highest BCUT2D eigenvalue weighted by molar-refractivity contribution is 6.74. The van der Waals surface area contributed by atoms with Gasteiger partial charge in [-0.2, -0.15) is 0 Å². The number of oxazole rings is 1. The van der Waals surface area contributed by atoms with Gasteiger partial charge in [0.25, 0.3) is 0 Å². The van der Waals surface area contributed by atoms with Gasteiger partial charge in [-0.1, -0.05) is 26.8 Å². The van der Waals surface area contributed by atoms with Crippen LogP contribution in [-0.2, 0) is 15.6 Å². The summed E-state index contributed by atoms with van der Waals surface area (Å²) in [6.07, 6.45) is 5.46. The van der Waals surface area contributed by atoms with Crippen LogP contribution in [0.1, 0.15) is 44.9 Å². The minimum Gasteiger partial charge on any atom is -0.444 e. The van der Waals surface area contributed by atoms with Gasteiger partial charge in [0.15, 0.2) is 8.32 Å². The molecule has 3 atom stereocenters. The molecule has 0 saturated carbocycles. The molecule has 0 N–H and O–H groups in total. The van der Waals surface area contributed by atoms with Crippen molar-refractivity contribution >= 4 is 8.32 Å². The van der Waals surface area contributed by atoms with Crippen LogP contribution < -0.4 is 0 Å². The summed E-state index contributed by atoms with van der Waals surface area (Å²) in [7, 11) is 0.419. The highest BCUT2D eigenvalue weighted by Gasteiger charge is 2.48. The highest BCUT2D eigenvalue weighted by Crippen LogP contribution is 2.41. The van der Waals surface area contributed by atoms with Gasteiger partial charge in [0, 0.05) is 13.0 Å². The standard InChI is InChI=1S/C19H34N2O3Si/c1-8-11-22-14-16-17(21(16)5)18-20-13-15(24-18)10-9-12-23-25(6,7)19(2,3)4/h8,13,16-17H,1,9-12,14H2,2-7H3/t16-,17-,21?/m0/s1. The van der Waals surface area contributed by atoms with Gasteiger partial charge in [0.2, 0.25) is 5.89 Å². The lowest BCUT2D eigenvalue weighted by Crippen LogP contribution is -2.41. The molecule has 2 heterocycles. The van der Waals surface area contributed by atoms with Crippen LogP contribution in [0.15, 0.2) is 23.3 Å². The first-order chi connectivity index (χ1) is 11.7. The zero-order chi connectivity index (χ0) is 18.7. The molecule has 6 heteroatoms. The van der Waals surface area contributed by atoms with Crippen LogP contribution in [0.5, 0.6) is 0 Å². The number of rotatable bonds is 10. The van der Waals surface area contributed by atoms with Crippen LogP contribution in [0.25, 0.3) is 0 Å². The lowest BCUT2D eigenvalue weighted by atomic mass is 10.2. The molecule has 0 aromatic carbocycles. The fourth-order valence-corrected chi connectivity index (χ4v) is 3.68. The first kappa shape index (κ1) is 20.4. The Morgan fingerprint density at radius 3 is 2.76 bits per heavy atom. The van der Waals surface area contributed by atoms with Gasteiger partial charge < -0.3 is 13.6 Å². The van der Waals surface area contributed by atoms with E-state index in [2.05, 4.69) is 57.4 Å². The molecule has 5 nitrogen and oxygen atoms in total. The van der Waals surface area contributed by atoms with Crippen LogP contribution in [0, 0.1) is 0 Å². The second-order valence-corrected chi connectivity index (χ2v) is 13.2. The summed E-state index contributed by atoms with van der Waals surface area (Å²) in [5.41, 5.74) is 0. The molecule has 1 aromatic rings. The lowest BCUT2D eigenvalue weighted by molar-refractivity contribution is 0.156. The van der Waals surface area contributed by atoms with Crippen LogP contribution in [0.4, 0.5) is 0 Å². The summed E-state index contributed by atoms with van der Waals surface area (Å²) in [5.74, 6) is 1.75. The molecule has 1 aliphatic rings. The summed E-state index contributed by atoms with van der Waals surface area (Å²) in [5, 5.41) is 0.256. The van der Waals surface area contributed by atoms with E-state index in [0.717, 1.165) is 31.1 Å². The second kappa shape index (κ2) is 8.16. The Kier molecular flexibility index (Phi) is 6.65. The maximum Gasteiger partial charge on any atom is 0.213 e. The molecule has 0 spiro atoms. The van der Waals surface area contributed by atoms with E-state index in [1.54, 1.807) is 6.08 Å². The zero-order valence-corrected chi connectivity index (χ0v) is 17.7. The van der Waals surface area contributed by atoms with E-state index in [0.29, 0.717) is 19.3 Å². The van der Waals surface area contributed by atoms with Crippen molar-refractivity contribution in [2.75, 3.05) is 26.9 Å². The maximum atomic E-state index is 6.22. The minimum atomic E-state index is -1.65. The minimum absolute atomic E-state index is 0.238. The number of aryl methyl sites for hydroxylation is 1. The van der Waals surface area contributed by atoms with Crippen LogP contribution >= 0.6 is 0 Å². The number of aromatic nitrogens is 1. The average molecular weight is 367 g/mol. The molecule has 0 aliphatic carbocycles. The molecule has 1 aromatic heterocycles. The fourth-order valence-electron chi connectivity index (χ4n) is 2.59. The molecule has 0 bridgehead atoms. The third-order valence-corrected chi connectivity index (χ3v) is 9.96. The topological polar surface area (TPSA) is 47.5 Å². The van der Waals surface area contributed by atoms with Crippen molar-refractivity contribution in [2.45, 2.75) is 63.8 Å². The Morgan fingerprint density at radius 1 is 1.40 bits per heavy atom. The molecular formula is C19H34N2O3Si. The van der Waals surface area contributed by atoms with Crippen molar-refractivity contribution in [1.82, 2.24) is 9.88 Å². The summed E-state index contributed by atoms with van der Waals surface area (Å²) in [6.45, 7) is 17.1. The molecule has 1 saturated heterocycles. The van der Waals surface area contributed by atoms with E-state index < -0.39 is 8.32 Å². The monoisotopic (exact) mass is 366 g/mol. The van der Waals surface area contributed by atoms with E-state index in [1.807, 2.05) is 6.20 Å². The average Bonchev–Trinajstić information content (AvgIpc) is 2.94. The van der Waals surface area contributed by atoms with Gasteiger partial charge in [0.05, 0.1) is 25.5 Å². The van der Waals surface area contributed by atoms with Crippen molar-refractivity contribution in [1.29, 1.82) is 0 Å². The molecule has 1 unspecified atom stereocenters. The van der Waals surface area contributed by atoms with Crippen molar-refractivity contribution in [3.63, 3.8) is 0 Å². The molecule has 0 amide bonds. The van der Waals surface area contributed by atoms with Gasteiger partial charge in [-0.25, -0.2) is 4.98 Å². The lowest BCUT2D eigenvalue weighted by Gasteiger charge is -2.36. The van der Waals surface area contributed by atoms with Crippen molar-refractivity contribution in [3.8, 4) is 0 Å². The summed E-state index contributed by atoms with van der Waals surface area (Å²) in [4.78, 5) is 6.68. The van der Waals surface area contributed by atoms with E-state index in [-0.39, 0.29) is 11.1 Å². The van der Waals surface area contributed by atoms with Crippen molar-refractivity contribution in [3.05, 3.63) is 30.5 Å². The Labute approximate surface area is 153 Å². The highest BCUT2D eigenvalue weighted by atomic mass is 28.4. The maximum absolute atomic E-state index is 6.22. The van der Waals surface area contributed by atoms with Crippen molar-refractivity contribution < 1.29 is 13.6 Å². The first-order valence-electron chi connectivity index (χ1n) is 9.16. The molecule has 2 rings (SSSR count). The van der Waals surface area contributed by atoms with E-state index in [9.17, 15) is 0 Å². The Balaban J connectivity index is 1.74. The number of ether oxygens (including phenoxy) is 1. The quantitative estimate of drug-likeness (QED) is 0.269. The number of hydrogen-bond donors (Lipinski definition) is 0. The predicted molar refractivity (Wildman–Crippen MR) is 103 cm³/mol. The van der Waals surface area contributed by atoms with Gasteiger partial charge >= 0.3 is 0 Å². The Hall–Kier alpha value is -0.953. The number of nitrogens with zero attached hydrogens (tertiary/aromatic N) is 2. The predicted octanol–water partition coefficient (Wildman–Crippen LogP) is 4.19. The normalized spacial score (nSPS) is 23.7. The molecular weight excluding hydrogens is 332 g/mol. The molecule has 1 aliphatic heterocycles. The third-order valence-electron chi connectivity index (χ3n) is 5.42. The van der Waals surface area contributed by atoms with Gasteiger partial charge in [-0.15, -0.1) is 6.58 Å². The third kappa shape index (κ3) is 5.26. The second-order valence-electron chi connectivity index (χ2n) is 8.38. The van der Waals surface area contributed by atoms with Gasteiger partial charge in [0.1, 0.15) is 11.8 Å². The smallest absolute Gasteiger partial charge is 0.213 e. The summed E-state index contributed by atoms with van der Waals surface area (Å²) < 4.78 is 17.7. The summed E-state index contributed by atoms with van der Waals surface area (Å²) in [6, 6.07) is 0.593. The van der Waals surface area contributed by atoms with Crippen LogP contribution in [0.2, 0.25) is 18.1 Å². The van der Waals surface area contributed by atoms with Gasteiger partial charge in [-0.05, 0) is 31.6 Å². The summed E-state index contributed by atoms with van der Waals surface area (Å²) >= 11 is 0. The van der Waals surface area contributed by atoms with E-state index in [1.165, 1.54) is 0 Å². The molecule has 142 valence electrons. The van der Waals surface area contributed by atoms with Gasteiger partial charge in [-0.3, -0.25) is 4.90 Å². The fraction of sp³-hybridized carbons (Fsp3) is 0.737. The molecule has 25 heavy (non-hydrogen) atoms. The van der Waals surface area contributed by atoms with E-state index in [4.69, 9.17) is 13.6 Å². The van der Waals surface area contributed by atoms with Crippen LogP contribution in [-0.4, -0.2) is 51.1 Å². The number of likely N-dealkylation sites (N-methyl/N-ethyl adjacent to an activating group) is 1.